The van der Waals surface area contributed by atoms with Crippen LogP contribution in [-0.4, -0.2) is 83.7 Å². The second-order valence-corrected chi connectivity index (χ2v) is 10.4. The number of nitrogens with zero attached hydrogens (tertiary/aromatic N) is 4. The molecule has 2 amide bonds. The summed E-state index contributed by atoms with van der Waals surface area (Å²) in [7, 11) is 0. The smallest absolute Gasteiger partial charge is 0.246 e. The lowest BCUT2D eigenvalue weighted by Crippen LogP contribution is -2.46. The number of benzene rings is 2. The quantitative estimate of drug-likeness (QED) is 0.388. The van der Waals surface area contributed by atoms with Gasteiger partial charge in [0.05, 0.1) is 37.7 Å². The third kappa shape index (κ3) is 7.08. The monoisotopic (exact) mass is 545 g/mol. The normalized spacial score (nSPS) is 16.1. The molecule has 1 N–H and O–H groups in total. The van der Waals surface area contributed by atoms with Crippen LogP contribution >= 0.6 is 0 Å². The van der Waals surface area contributed by atoms with Crippen LogP contribution in [0.25, 0.3) is 16.9 Å². The molecular formula is C31H39N5O4. The van der Waals surface area contributed by atoms with E-state index >= 15 is 0 Å². The zero-order valence-electron chi connectivity index (χ0n) is 23.3. The Hall–Kier alpha value is -3.69. The molecule has 40 heavy (non-hydrogen) atoms. The molecule has 2 heterocycles. The molecule has 2 aliphatic rings. The Morgan fingerprint density at radius 2 is 1.85 bits per heavy atom. The Morgan fingerprint density at radius 1 is 1.07 bits per heavy atom. The average molecular weight is 546 g/mol. The second kappa shape index (κ2) is 13.6. The summed E-state index contributed by atoms with van der Waals surface area (Å²) in [6, 6.07) is 17.6. The fourth-order valence-corrected chi connectivity index (χ4v) is 5.43. The van der Waals surface area contributed by atoms with Gasteiger partial charge in [-0.25, -0.2) is 4.98 Å². The highest BCUT2D eigenvalue weighted by Crippen LogP contribution is 2.28. The lowest BCUT2D eigenvalue weighted by Gasteiger charge is -2.31. The number of rotatable bonds is 11. The molecule has 1 aliphatic heterocycles. The first-order chi connectivity index (χ1) is 19.6. The average Bonchev–Trinajstić information content (AvgIpc) is 3.67. The van der Waals surface area contributed by atoms with Gasteiger partial charge < -0.3 is 14.4 Å². The van der Waals surface area contributed by atoms with Gasteiger partial charge in [-0.2, -0.15) is 0 Å². The van der Waals surface area contributed by atoms with E-state index in [0.717, 1.165) is 68.0 Å². The van der Waals surface area contributed by atoms with E-state index in [-0.39, 0.29) is 24.3 Å². The summed E-state index contributed by atoms with van der Waals surface area (Å²) in [6.45, 7) is 6.84. The van der Waals surface area contributed by atoms with E-state index in [1.807, 2.05) is 72.3 Å². The Balaban J connectivity index is 1.36. The minimum atomic E-state index is -0.263. The van der Waals surface area contributed by atoms with Crippen LogP contribution in [0, 0.1) is 5.92 Å². The number of carbonyl (C=O) groups excluding carboxylic acids is 2. The number of ether oxygens (including phenoxy) is 2. The fourth-order valence-electron chi connectivity index (χ4n) is 5.43. The van der Waals surface area contributed by atoms with Gasteiger partial charge in [-0.1, -0.05) is 49.2 Å². The SMILES string of the molecule is CCOc1cccc(-n2cc(-c3ccccc3)nc2NC(=O)CN(CCN2CCOCC2)C(=O)C2CCCC2)c1. The molecule has 9 heteroatoms. The van der Waals surface area contributed by atoms with Crippen molar-refractivity contribution in [3.63, 3.8) is 0 Å². The predicted molar refractivity (Wildman–Crippen MR) is 155 cm³/mol. The van der Waals surface area contributed by atoms with E-state index < -0.39 is 0 Å². The summed E-state index contributed by atoms with van der Waals surface area (Å²) in [5, 5.41) is 3.01. The van der Waals surface area contributed by atoms with Crippen molar-refractivity contribution in [2.75, 3.05) is 57.9 Å². The van der Waals surface area contributed by atoms with Crippen molar-refractivity contribution in [3.05, 3.63) is 60.8 Å². The largest absolute Gasteiger partial charge is 0.494 e. The topological polar surface area (TPSA) is 88.9 Å². The van der Waals surface area contributed by atoms with Gasteiger partial charge in [-0.05, 0) is 31.9 Å². The summed E-state index contributed by atoms with van der Waals surface area (Å²) < 4.78 is 13.0. The van der Waals surface area contributed by atoms with Gasteiger partial charge in [0.25, 0.3) is 0 Å². The highest BCUT2D eigenvalue weighted by molar-refractivity contribution is 5.94. The van der Waals surface area contributed by atoms with E-state index in [4.69, 9.17) is 14.5 Å². The van der Waals surface area contributed by atoms with Crippen molar-refractivity contribution in [2.45, 2.75) is 32.6 Å². The lowest BCUT2D eigenvalue weighted by molar-refractivity contribution is -0.138. The second-order valence-electron chi connectivity index (χ2n) is 10.4. The molecule has 1 aliphatic carbocycles. The maximum Gasteiger partial charge on any atom is 0.246 e. The zero-order valence-corrected chi connectivity index (χ0v) is 23.3. The highest BCUT2D eigenvalue weighted by atomic mass is 16.5. The van der Waals surface area contributed by atoms with Crippen molar-refractivity contribution in [1.29, 1.82) is 0 Å². The van der Waals surface area contributed by atoms with Crippen molar-refractivity contribution in [3.8, 4) is 22.7 Å². The Bertz CT molecular complexity index is 1270. The first-order valence-electron chi connectivity index (χ1n) is 14.4. The van der Waals surface area contributed by atoms with Crippen molar-refractivity contribution >= 4 is 17.8 Å². The number of anilines is 1. The number of nitrogens with one attached hydrogen (secondary N) is 1. The van der Waals surface area contributed by atoms with Crippen LogP contribution in [0.4, 0.5) is 5.95 Å². The van der Waals surface area contributed by atoms with E-state index in [0.29, 0.717) is 32.3 Å². The molecule has 3 aromatic rings. The van der Waals surface area contributed by atoms with Crippen molar-refractivity contribution in [2.24, 2.45) is 5.92 Å². The van der Waals surface area contributed by atoms with Gasteiger partial charge >= 0.3 is 0 Å². The molecule has 0 radical (unpaired) electrons. The van der Waals surface area contributed by atoms with Gasteiger partial charge in [-0.15, -0.1) is 0 Å². The number of amides is 2. The number of carbonyl (C=O) groups is 2. The van der Waals surface area contributed by atoms with Crippen LogP contribution in [0.15, 0.2) is 60.8 Å². The summed E-state index contributed by atoms with van der Waals surface area (Å²) in [5.74, 6) is 0.965. The molecular weight excluding hydrogens is 506 g/mol. The predicted octanol–water partition coefficient (Wildman–Crippen LogP) is 4.23. The van der Waals surface area contributed by atoms with Gasteiger partial charge in [0, 0.05) is 49.9 Å². The molecule has 212 valence electrons. The molecule has 1 saturated heterocycles. The number of aromatic nitrogens is 2. The van der Waals surface area contributed by atoms with Gasteiger partial charge in [0.1, 0.15) is 5.75 Å². The molecule has 0 atom stereocenters. The molecule has 1 saturated carbocycles. The van der Waals surface area contributed by atoms with E-state index in [1.54, 1.807) is 4.90 Å². The Kier molecular flexibility index (Phi) is 9.46. The van der Waals surface area contributed by atoms with E-state index in [9.17, 15) is 9.59 Å². The number of morpholine rings is 1. The van der Waals surface area contributed by atoms with Gasteiger partial charge in [0.15, 0.2) is 0 Å². The van der Waals surface area contributed by atoms with Crippen LogP contribution in [0.2, 0.25) is 0 Å². The molecule has 1 aromatic heterocycles. The van der Waals surface area contributed by atoms with E-state index in [2.05, 4.69) is 10.2 Å². The highest BCUT2D eigenvalue weighted by Gasteiger charge is 2.29. The molecule has 0 spiro atoms. The fraction of sp³-hybridized carbons (Fsp3) is 0.452. The molecule has 5 rings (SSSR count). The minimum Gasteiger partial charge on any atom is -0.494 e. The van der Waals surface area contributed by atoms with Crippen molar-refractivity contribution in [1.82, 2.24) is 19.4 Å². The van der Waals surface area contributed by atoms with E-state index in [1.165, 1.54) is 0 Å². The van der Waals surface area contributed by atoms with Gasteiger partial charge in [0.2, 0.25) is 17.8 Å². The third-order valence-corrected chi connectivity index (χ3v) is 7.57. The summed E-state index contributed by atoms with van der Waals surface area (Å²) in [6.07, 6.45) is 5.85. The number of hydrogen-bond donors (Lipinski definition) is 1. The Labute approximate surface area is 236 Å². The zero-order chi connectivity index (χ0) is 27.7. The van der Waals surface area contributed by atoms with Crippen molar-refractivity contribution < 1.29 is 19.1 Å². The Morgan fingerprint density at radius 3 is 2.60 bits per heavy atom. The molecule has 2 aromatic carbocycles. The summed E-state index contributed by atoms with van der Waals surface area (Å²) >= 11 is 0. The van der Waals surface area contributed by atoms with Crippen LogP contribution in [0.5, 0.6) is 5.75 Å². The third-order valence-electron chi connectivity index (χ3n) is 7.57. The van der Waals surface area contributed by atoms with Crippen LogP contribution in [-0.2, 0) is 14.3 Å². The first kappa shape index (κ1) is 27.9. The van der Waals surface area contributed by atoms with Crippen LogP contribution < -0.4 is 10.1 Å². The summed E-state index contributed by atoms with van der Waals surface area (Å²) in [5.41, 5.74) is 2.51. The first-order valence-corrected chi connectivity index (χ1v) is 14.4. The maximum absolute atomic E-state index is 13.5. The standard InChI is InChI=1S/C31H39N5O4/c1-2-40-27-14-8-13-26(21-27)36-22-28(24-9-4-3-5-10-24)32-31(36)33-29(37)23-35(30(38)25-11-6-7-12-25)16-15-34-17-19-39-20-18-34/h3-5,8-10,13-14,21-22,25H,2,6-7,11-12,15-20,23H2,1H3,(H,32,33,37). The molecule has 2 fully saturated rings. The van der Waals surface area contributed by atoms with Crippen LogP contribution in [0.3, 0.4) is 0 Å². The summed E-state index contributed by atoms with van der Waals surface area (Å²) in [4.78, 5) is 35.7. The number of imidazole rings is 1. The lowest BCUT2D eigenvalue weighted by atomic mass is 10.1. The number of hydrogen-bond acceptors (Lipinski definition) is 6. The van der Waals surface area contributed by atoms with Gasteiger partial charge in [-0.3, -0.25) is 24.4 Å². The minimum absolute atomic E-state index is 0.00506. The molecule has 0 unspecified atom stereocenters. The molecule has 9 nitrogen and oxygen atoms in total. The molecule has 0 bridgehead atoms. The van der Waals surface area contributed by atoms with Crippen LogP contribution in [0.1, 0.15) is 32.6 Å². The maximum atomic E-state index is 13.5.